The largest absolute Gasteiger partial charge is 0.481 e. The first-order valence-electron chi connectivity index (χ1n) is 11.9. The maximum atomic E-state index is 12.4. The Morgan fingerprint density at radius 2 is 2.14 bits per heavy atom. The van der Waals surface area contributed by atoms with Crippen molar-refractivity contribution in [2.24, 2.45) is 0 Å². The summed E-state index contributed by atoms with van der Waals surface area (Å²) in [7, 11) is 0. The van der Waals surface area contributed by atoms with Crippen molar-refractivity contribution < 1.29 is 24.2 Å². The Balaban J connectivity index is 1.39. The molecule has 3 N–H and O–H groups in total. The number of benzene rings is 1. The van der Waals surface area contributed by atoms with Crippen LogP contribution in [0.25, 0.3) is 0 Å². The number of carbonyl (C=O) groups excluding carboxylic acids is 2. The molecule has 202 valence electrons. The first-order chi connectivity index (χ1) is 17.7. The van der Waals surface area contributed by atoms with E-state index in [4.69, 9.17) is 33.0 Å². The van der Waals surface area contributed by atoms with Crippen molar-refractivity contribution in [3.8, 4) is 0 Å². The highest BCUT2D eigenvalue weighted by molar-refractivity contribution is 8.01. The maximum Gasteiger partial charge on any atom is 0.305 e. The Morgan fingerprint density at radius 1 is 1.32 bits per heavy atom. The van der Waals surface area contributed by atoms with Gasteiger partial charge in [0.2, 0.25) is 5.91 Å². The fourth-order valence-corrected chi connectivity index (χ4v) is 5.78. The van der Waals surface area contributed by atoms with Gasteiger partial charge in [-0.25, -0.2) is 4.98 Å². The molecule has 1 saturated heterocycles. The van der Waals surface area contributed by atoms with Crippen molar-refractivity contribution in [3.63, 3.8) is 0 Å². The Labute approximate surface area is 234 Å². The molecule has 37 heavy (non-hydrogen) atoms. The van der Waals surface area contributed by atoms with Gasteiger partial charge in [-0.15, -0.1) is 11.3 Å². The molecule has 2 unspecified atom stereocenters. The third-order valence-corrected chi connectivity index (χ3v) is 8.34. The van der Waals surface area contributed by atoms with Gasteiger partial charge in [-0.3, -0.25) is 19.3 Å². The quantitative estimate of drug-likeness (QED) is 0.301. The zero-order valence-electron chi connectivity index (χ0n) is 20.4. The molecule has 0 aliphatic carbocycles. The van der Waals surface area contributed by atoms with Gasteiger partial charge in [0.25, 0.3) is 5.91 Å². The van der Waals surface area contributed by atoms with Gasteiger partial charge in [-0.1, -0.05) is 54.4 Å². The fourth-order valence-electron chi connectivity index (χ4n) is 3.82. The molecule has 1 aliphatic heterocycles. The minimum Gasteiger partial charge on any atom is -0.481 e. The zero-order chi connectivity index (χ0) is 26.8. The number of carboxylic acids is 1. The summed E-state index contributed by atoms with van der Waals surface area (Å²) < 4.78 is 6.39. The van der Waals surface area contributed by atoms with Crippen LogP contribution in [0.5, 0.6) is 0 Å². The van der Waals surface area contributed by atoms with Crippen LogP contribution in [0.1, 0.15) is 42.2 Å². The lowest BCUT2D eigenvalue weighted by Crippen LogP contribution is -2.47. The fraction of sp³-hybridized carbons (Fsp3) is 0.500. The molecule has 2 atom stereocenters. The summed E-state index contributed by atoms with van der Waals surface area (Å²) in [6.07, 6.45) is 1.07. The molecule has 13 heteroatoms. The van der Waals surface area contributed by atoms with Gasteiger partial charge in [0.15, 0.2) is 4.34 Å². The van der Waals surface area contributed by atoms with Gasteiger partial charge in [-0.2, -0.15) is 0 Å². The third kappa shape index (κ3) is 10.1. The van der Waals surface area contributed by atoms with E-state index < -0.39 is 17.9 Å². The van der Waals surface area contributed by atoms with Crippen molar-refractivity contribution in [2.45, 2.75) is 49.2 Å². The number of aliphatic carboxylic acids is 1. The lowest BCUT2D eigenvalue weighted by atomic mass is 10.1. The molecule has 1 aliphatic rings. The molecule has 0 spiro atoms. The normalized spacial score (nSPS) is 16.8. The molecule has 0 radical (unpaired) electrons. The number of nitrogens with zero attached hydrogens (tertiary/aromatic N) is 2. The van der Waals surface area contributed by atoms with E-state index in [2.05, 4.69) is 20.5 Å². The molecule has 0 saturated carbocycles. The average Bonchev–Trinajstić information content (AvgIpc) is 3.33. The number of morpholine rings is 1. The molecule has 1 aromatic heterocycles. The summed E-state index contributed by atoms with van der Waals surface area (Å²) >= 11 is 14.6. The van der Waals surface area contributed by atoms with Crippen molar-refractivity contribution in [1.82, 2.24) is 20.5 Å². The Hall–Kier alpha value is -1.89. The van der Waals surface area contributed by atoms with E-state index in [0.717, 1.165) is 25.1 Å². The van der Waals surface area contributed by atoms with Crippen LogP contribution in [0.2, 0.25) is 10.0 Å². The van der Waals surface area contributed by atoms with E-state index in [1.807, 2.05) is 19.1 Å². The number of thioether (sulfide) groups is 1. The second-order valence-corrected chi connectivity index (χ2v) is 11.5. The number of halogens is 2. The highest BCUT2D eigenvalue weighted by Gasteiger charge is 2.22. The van der Waals surface area contributed by atoms with Gasteiger partial charge in [-0.05, 0) is 24.1 Å². The minimum absolute atomic E-state index is 0.123. The predicted molar refractivity (Wildman–Crippen MR) is 146 cm³/mol. The lowest BCUT2D eigenvalue weighted by Gasteiger charge is -2.33. The number of ether oxygens (including phenoxy) is 1. The van der Waals surface area contributed by atoms with Crippen LogP contribution < -0.4 is 10.6 Å². The van der Waals surface area contributed by atoms with Gasteiger partial charge in [0.1, 0.15) is 5.69 Å². The number of aromatic nitrogens is 1. The number of hydrogen-bond acceptors (Lipinski definition) is 8. The van der Waals surface area contributed by atoms with Gasteiger partial charge in [0.05, 0.1) is 34.9 Å². The number of rotatable bonds is 13. The van der Waals surface area contributed by atoms with E-state index in [-0.39, 0.29) is 29.9 Å². The summed E-state index contributed by atoms with van der Waals surface area (Å²) in [5.41, 5.74) is 1.28. The first kappa shape index (κ1) is 29.7. The van der Waals surface area contributed by atoms with Crippen molar-refractivity contribution in [1.29, 1.82) is 0 Å². The van der Waals surface area contributed by atoms with Gasteiger partial charge in [0, 0.05) is 37.6 Å². The SMILES string of the molecule is CCCC(CC(=O)O)NC(=O)c1csc(SCC(=O)NCC2CN(Cc3ccc(Cl)c(Cl)c3)CCO2)n1. The van der Waals surface area contributed by atoms with Crippen LogP contribution in [0.4, 0.5) is 0 Å². The number of thiazole rings is 1. The minimum atomic E-state index is -0.961. The maximum absolute atomic E-state index is 12.4. The van der Waals surface area contributed by atoms with Crippen LogP contribution >= 0.6 is 46.3 Å². The summed E-state index contributed by atoms with van der Waals surface area (Å²) in [6.45, 7) is 5.08. The van der Waals surface area contributed by atoms with E-state index >= 15 is 0 Å². The summed E-state index contributed by atoms with van der Waals surface area (Å²) in [5, 5.41) is 17.3. The highest BCUT2D eigenvalue weighted by atomic mass is 35.5. The smallest absolute Gasteiger partial charge is 0.305 e. The van der Waals surface area contributed by atoms with E-state index in [0.29, 0.717) is 40.5 Å². The van der Waals surface area contributed by atoms with Crippen molar-refractivity contribution in [2.75, 3.05) is 32.0 Å². The molecule has 2 aromatic rings. The van der Waals surface area contributed by atoms with Gasteiger partial charge < -0.3 is 20.5 Å². The van der Waals surface area contributed by atoms with Crippen LogP contribution in [0.3, 0.4) is 0 Å². The zero-order valence-corrected chi connectivity index (χ0v) is 23.5. The monoisotopic (exact) mass is 588 g/mol. The number of carboxylic acid groups (broad SMARTS) is 1. The van der Waals surface area contributed by atoms with Crippen LogP contribution in [-0.2, 0) is 20.9 Å². The molecule has 2 heterocycles. The molecule has 1 fully saturated rings. The second kappa shape index (κ2) is 14.9. The van der Waals surface area contributed by atoms with E-state index in [9.17, 15) is 14.4 Å². The summed E-state index contributed by atoms with van der Waals surface area (Å²) in [4.78, 5) is 42.3. The average molecular weight is 590 g/mol. The van der Waals surface area contributed by atoms with Crippen LogP contribution in [-0.4, -0.2) is 76.9 Å². The molecule has 3 rings (SSSR count). The van der Waals surface area contributed by atoms with Crippen molar-refractivity contribution >= 4 is 64.1 Å². The molecule has 0 bridgehead atoms. The van der Waals surface area contributed by atoms with Crippen molar-refractivity contribution in [3.05, 3.63) is 44.9 Å². The second-order valence-electron chi connectivity index (χ2n) is 8.62. The standard InChI is InChI=1S/C24H30Cl2N4O5S2/c1-2-3-16(9-22(32)33)28-23(34)20-13-36-24(29-20)37-14-21(31)27-10-17-12-30(6-7-35-17)11-15-4-5-18(25)19(26)8-15/h4-5,8,13,16-17H,2-3,6-7,9-12,14H2,1H3,(H,27,31)(H,28,34)(H,32,33). The van der Waals surface area contributed by atoms with E-state index in [1.54, 1.807) is 11.4 Å². The van der Waals surface area contributed by atoms with Crippen LogP contribution in [0.15, 0.2) is 27.9 Å². The molecule has 2 amide bonds. The van der Waals surface area contributed by atoms with Gasteiger partial charge >= 0.3 is 5.97 Å². The summed E-state index contributed by atoms with van der Waals surface area (Å²) in [6, 6.07) is 5.15. The molecular weight excluding hydrogens is 559 g/mol. The number of hydrogen-bond donors (Lipinski definition) is 3. The topological polar surface area (TPSA) is 121 Å². The molecule has 1 aromatic carbocycles. The predicted octanol–water partition coefficient (Wildman–Crippen LogP) is 3.93. The number of amides is 2. The highest BCUT2D eigenvalue weighted by Crippen LogP contribution is 2.24. The molecule has 9 nitrogen and oxygen atoms in total. The number of nitrogens with one attached hydrogen (secondary N) is 2. The van der Waals surface area contributed by atoms with E-state index in [1.165, 1.54) is 23.1 Å². The Morgan fingerprint density at radius 3 is 2.86 bits per heavy atom. The summed E-state index contributed by atoms with van der Waals surface area (Å²) in [5.74, 6) is -1.36. The lowest BCUT2D eigenvalue weighted by molar-refractivity contribution is -0.137. The molecular formula is C24H30Cl2N4O5S2. The first-order valence-corrected chi connectivity index (χ1v) is 14.5. The van der Waals surface area contributed by atoms with Crippen LogP contribution in [0, 0.1) is 0 Å². The number of carbonyl (C=O) groups is 3. The third-order valence-electron chi connectivity index (χ3n) is 5.58. The Kier molecular flexibility index (Phi) is 11.9. The Bertz CT molecular complexity index is 1090.